The summed E-state index contributed by atoms with van der Waals surface area (Å²) in [4.78, 5) is 15.0. The van der Waals surface area contributed by atoms with E-state index in [2.05, 4.69) is 10.3 Å². The summed E-state index contributed by atoms with van der Waals surface area (Å²) in [5, 5.41) is 13.6. The molecule has 1 aromatic heterocycles. The molecule has 0 spiro atoms. The van der Waals surface area contributed by atoms with Crippen LogP contribution in [0.3, 0.4) is 0 Å². The zero-order valence-electron chi connectivity index (χ0n) is 10.2. The van der Waals surface area contributed by atoms with Crippen molar-refractivity contribution in [1.29, 1.82) is 0 Å². The maximum Gasteiger partial charge on any atom is 0.325 e. The number of pyridine rings is 1. The molecule has 94 valence electrons. The zero-order chi connectivity index (χ0) is 13.1. The van der Waals surface area contributed by atoms with Gasteiger partial charge in [-0.15, -0.1) is 0 Å². The summed E-state index contributed by atoms with van der Waals surface area (Å²) in [5.74, 6) is 0.401. The van der Waals surface area contributed by atoms with Crippen LogP contribution in [0.2, 0.25) is 0 Å². The van der Waals surface area contributed by atoms with Crippen molar-refractivity contribution in [3.8, 4) is 5.75 Å². The molecule has 2 rings (SSSR count). The number of aliphatic carboxylic acids is 1. The lowest BCUT2D eigenvalue weighted by Crippen LogP contribution is -2.25. The minimum absolute atomic E-state index is 0.560. The highest BCUT2D eigenvalue weighted by atomic mass is 16.5. The number of carboxylic acid groups (broad SMARTS) is 1. The molecule has 0 fully saturated rings. The van der Waals surface area contributed by atoms with Gasteiger partial charge in [-0.3, -0.25) is 4.79 Å². The molecule has 5 heteroatoms. The second kappa shape index (κ2) is 4.91. The van der Waals surface area contributed by atoms with Gasteiger partial charge in [0.2, 0.25) is 0 Å². The predicted octanol–water partition coefficient (Wildman–Crippen LogP) is 2.13. The molecule has 2 aromatic rings. The largest absolute Gasteiger partial charge is 0.497 e. The first-order valence-electron chi connectivity index (χ1n) is 5.54. The van der Waals surface area contributed by atoms with Crippen molar-refractivity contribution in [2.45, 2.75) is 13.0 Å². The number of fused-ring (bicyclic) bond motifs is 1. The molecule has 0 amide bonds. The van der Waals surface area contributed by atoms with E-state index in [4.69, 9.17) is 9.84 Å². The van der Waals surface area contributed by atoms with Gasteiger partial charge in [0.1, 0.15) is 17.6 Å². The maximum absolute atomic E-state index is 10.8. The van der Waals surface area contributed by atoms with Gasteiger partial charge in [0.15, 0.2) is 0 Å². The minimum Gasteiger partial charge on any atom is -0.497 e. The van der Waals surface area contributed by atoms with Crippen molar-refractivity contribution in [1.82, 2.24) is 4.98 Å². The molecule has 5 nitrogen and oxygen atoms in total. The highest BCUT2D eigenvalue weighted by molar-refractivity contribution is 5.93. The monoisotopic (exact) mass is 246 g/mol. The number of nitrogens with one attached hydrogen (secondary N) is 1. The third-order valence-electron chi connectivity index (χ3n) is 2.70. The number of benzene rings is 1. The Labute approximate surface area is 104 Å². The van der Waals surface area contributed by atoms with Crippen molar-refractivity contribution in [3.63, 3.8) is 0 Å². The highest BCUT2D eigenvalue weighted by Crippen LogP contribution is 2.25. The normalized spacial score (nSPS) is 12.1. The van der Waals surface area contributed by atoms with E-state index in [1.54, 1.807) is 20.2 Å². The molecule has 1 heterocycles. The summed E-state index contributed by atoms with van der Waals surface area (Å²) in [5.41, 5.74) is 0. The third-order valence-corrected chi connectivity index (χ3v) is 2.70. The SMILES string of the molecule is COc1ccc2c(NC(C)C(=O)O)nccc2c1. The standard InChI is InChI=1S/C13H14N2O3/c1-8(13(16)17)15-12-11-4-3-10(18-2)7-9(11)5-6-14-12/h3-8H,1-2H3,(H,14,15)(H,16,17). The van der Waals surface area contributed by atoms with Crippen molar-refractivity contribution in [2.75, 3.05) is 12.4 Å². The van der Waals surface area contributed by atoms with E-state index in [0.717, 1.165) is 16.5 Å². The fraction of sp³-hybridized carbons (Fsp3) is 0.231. The summed E-state index contributed by atoms with van der Waals surface area (Å²) in [6.45, 7) is 1.58. The van der Waals surface area contributed by atoms with E-state index in [1.165, 1.54) is 0 Å². The average Bonchev–Trinajstić information content (AvgIpc) is 2.38. The molecule has 1 unspecified atom stereocenters. The van der Waals surface area contributed by atoms with Gasteiger partial charge in [-0.1, -0.05) is 0 Å². The average molecular weight is 246 g/mol. The molecule has 0 bridgehead atoms. The Hall–Kier alpha value is -2.30. The summed E-state index contributed by atoms with van der Waals surface area (Å²) in [7, 11) is 1.61. The number of methoxy groups -OCH3 is 1. The van der Waals surface area contributed by atoms with Crippen LogP contribution in [0.15, 0.2) is 30.5 Å². The van der Waals surface area contributed by atoms with Gasteiger partial charge in [0, 0.05) is 11.6 Å². The van der Waals surface area contributed by atoms with Gasteiger partial charge >= 0.3 is 5.97 Å². The number of carboxylic acids is 1. The van der Waals surface area contributed by atoms with E-state index >= 15 is 0 Å². The highest BCUT2D eigenvalue weighted by Gasteiger charge is 2.12. The Morgan fingerprint density at radius 2 is 2.22 bits per heavy atom. The van der Waals surface area contributed by atoms with Crippen molar-refractivity contribution >= 4 is 22.6 Å². The molecule has 18 heavy (non-hydrogen) atoms. The molecule has 1 atom stereocenters. The van der Waals surface area contributed by atoms with Gasteiger partial charge in [0.25, 0.3) is 0 Å². The fourth-order valence-electron chi connectivity index (χ4n) is 1.66. The number of carbonyl (C=O) groups is 1. The van der Waals surface area contributed by atoms with E-state index in [1.807, 2.05) is 24.3 Å². The van der Waals surface area contributed by atoms with Gasteiger partial charge in [-0.05, 0) is 36.6 Å². The summed E-state index contributed by atoms with van der Waals surface area (Å²) in [6, 6.07) is 6.73. The molecule has 0 saturated carbocycles. The van der Waals surface area contributed by atoms with E-state index in [0.29, 0.717) is 5.82 Å². The second-order valence-electron chi connectivity index (χ2n) is 3.95. The summed E-state index contributed by atoms with van der Waals surface area (Å²) in [6.07, 6.45) is 1.64. The van der Waals surface area contributed by atoms with Gasteiger partial charge in [-0.2, -0.15) is 0 Å². The number of ether oxygens (including phenoxy) is 1. The van der Waals surface area contributed by atoms with Crippen molar-refractivity contribution < 1.29 is 14.6 Å². The Balaban J connectivity index is 2.42. The molecular weight excluding hydrogens is 232 g/mol. The minimum atomic E-state index is -0.915. The van der Waals surface area contributed by atoms with Crippen LogP contribution in [0, 0.1) is 0 Å². The van der Waals surface area contributed by atoms with Crippen LogP contribution in [0.4, 0.5) is 5.82 Å². The number of nitrogens with zero attached hydrogens (tertiary/aromatic N) is 1. The molecule has 2 N–H and O–H groups in total. The Kier molecular flexibility index (Phi) is 3.32. The van der Waals surface area contributed by atoms with Gasteiger partial charge in [0.05, 0.1) is 7.11 Å². The Morgan fingerprint density at radius 1 is 1.44 bits per heavy atom. The first-order chi connectivity index (χ1) is 8.61. The molecule has 0 aliphatic heterocycles. The van der Waals surface area contributed by atoms with Crippen molar-refractivity contribution in [3.05, 3.63) is 30.5 Å². The van der Waals surface area contributed by atoms with Gasteiger partial charge in [-0.25, -0.2) is 4.98 Å². The zero-order valence-corrected chi connectivity index (χ0v) is 10.2. The van der Waals surface area contributed by atoms with Crippen LogP contribution in [0.1, 0.15) is 6.92 Å². The summed E-state index contributed by atoms with van der Waals surface area (Å²) >= 11 is 0. The third kappa shape index (κ3) is 2.34. The maximum atomic E-state index is 10.8. The Morgan fingerprint density at radius 3 is 2.89 bits per heavy atom. The number of hydrogen-bond acceptors (Lipinski definition) is 4. The first kappa shape index (κ1) is 12.2. The topological polar surface area (TPSA) is 71.5 Å². The summed E-state index contributed by atoms with van der Waals surface area (Å²) < 4.78 is 5.15. The van der Waals surface area contributed by atoms with Crippen molar-refractivity contribution in [2.24, 2.45) is 0 Å². The predicted molar refractivity (Wildman–Crippen MR) is 69.0 cm³/mol. The number of rotatable bonds is 4. The first-order valence-corrected chi connectivity index (χ1v) is 5.54. The fourth-order valence-corrected chi connectivity index (χ4v) is 1.66. The number of hydrogen-bond donors (Lipinski definition) is 2. The van der Waals surface area contributed by atoms with Crippen LogP contribution >= 0.6 is 0 Å². The molecule has 0 aliphatic rings. The quantitative estimate of drug-likeness (QED) is 0.864. The molecule has 0 saturated heterocycles. The van der Waals surface area contributed by atoms with E-state index in [9.17, 15) is 4.79 Å². The second-order valence-corrected chi connectivity index (χ2v) is 3.95. The lowest BCUT2D eigenvalue weighted by atomic mass is 10.1. The number of aromatic nitrogens is 1. The Bertz CT molecular complexity index is 583. The lowest BCUT2D eigenvalue weighted by Gasteiger charge is -2.12. The van der Waals surface area contributed by atoms with Crippen LogP contribution < -0.4 is 10.1 Å². The molecule has 0 aliphatic carbocycles. The molecule has 0 radical (unpaired) electrons. The van der Waals surface area contributed by atoms with Crippen LogP contribution in [-0.4, -0.2) is 29.2 Å². The van der Waals surface area contributed by atoms with Crippen LogP contribution in [0.25, 0.3) is 10.8 Å². The van der Waals surface area contributed by atoms with Crippen LogP contribution in [-0.2, 0) is 4.79 Å². The number of anilines is 1. The van der Waals surface area contributed by atoms with Gasteiger partial charge < -0.3 is 15.2 Å². The van der Waals surface area contributed by atoms with Crippen LogP contribution in [0.5, 0.6) is 5.75 Å². The van der Waals surface area contributed by atoms with E-state index in [-0.39, 0.29) is 0 Å². The lowest BCUT2D eigenvalue weighted by molar-refractivity contribution is -0.137. The van der Waals surface area contributed by atoms with E-state index < -0.39 is 12.0 Å². The molecule has 1 aromatic carbocycles. The molecular formula is C13H14N2O3. The smallest absolute Gasteiger partial charge is 0.325 e.